The number of nitro benzene ring substituents is 1. The maximum atomic E-state index is 12.8. The van der Waals surface area contributed by atoms with Crippen LogP contribution in [0.1, 0.15) is 26.3 Å². The standard InChI is InChI=1S/C20H19ClF3N2O5PS/c1-4-30-19(27)12(3)25-33-32(5-2)18-11-14(7-8-16(18)26(28)29)31-17-9-6-13(10-15(17)21)20(22,23)24/h6-11H,4-5H2,1-3H3. The number of esters is 1. The number of carbonyl (C=O) groups excluding carboxylic acids is 1. The van der Waals surface area contributed by atoms with E-state index in [-0.39, 0.29) is 34.5 Å². The van der Waals surface area contributed by atoms with Crippen LogP contribution in [-0.2, 0) is 15.7 Å². The molecule has 7 nitrogen and oxygen atoms in total. The van der Waals surface area contributed by atoms with E-state index in [4.69, 9.17) is 21.1 Å². The minimum absolute atomic E-state index is 0.0332. The highest BCUT2D eigenvalue weighted by atomic mass is 35.5. The smallest absolute Gasteiger partial charge is 0.416 e. The summed E-state index contributed by atoms with van der Waals surface area (Å²) < 4.78 is 53.2. The molecule has 0 spiro atoms. The molecule has 0 aliphatic carbocycles. The molecule has 0 aromatic heterocycles. The molecule has 178 valence electrons. The first-order valence-electron chi connectivity index (χ1n) is 9.47. The molecule has 0 bridgehead atoms. The predicted octanol–water partition coefficient (Wildman–Crippen LogP) is 6.77. The van der Waals surface area contributed by atoms with E-state index in [1.54, 1.807) is 6.92 Å². The molecule has 2 aromatic rings. The minimum Gasteiger partial charge on any atom is -0.461 e. The van der Waals surface area contributed by atoms with Gasteiger partial charge in [0.15, 0.2) is 0 Å². The van der Waals surface area contributed by atoms with Crippen molar-refractivity contribution in [1.29, 1.82) is 0 Å². The molecule has 0 aliphatic heterocycles. The van der Waals surface area contributed by atoms with Crippen molar-refractivity contribution >= 4 is 53.0 Å². The van der Waals surface area contributed by atoms with Gasteiger partial charge in [-0.2, -0.15) is 13.2 Å². The van der Waals surface area contributed by atoms with Gasteiger partial charge in [0.05, 0.1) is 27.4 Å². The Morgan fingerprint density at radius 1 is 1.24 bits per heavy atom. The highest BCUT2D eigenvalue weighted by molar-refractivity contribution is 8.57. The molecule has 0 radical (unpaired) electrons. The summed E-state index contributed by atoms with van der Waals surface area (Å²) in [6, 6.07) is 6.66. The first kappa shape index (κ1) is 26.9. The van der Waals surface area contributed by atoms with Gasteiger partial charge in [0.25, 0.3) is 5.69 Å². The quantitative estimate of drug-likeness (QED) is 0.0901. The Morgan fingerprint density at radius 3 is 2.48 bits per heavy atom. The maximum Gasteiger partial charge on any atom is 0.416 e. The van der Waals surface area contributed by atoms with Crippen molar-refractivity contribution in [2.24, 2.45) is 4.40 Å². The summed E-state index contributed by atoms with van der Waals surface area (Å²) in [5.41, 5.74) is -0.968. The van der Waals surface area contributed by atoms with E-state index in [0.717, 1.165) is 29.8 Å². The van der Waals surface area contributed by atoms with E-state index >= 15 is 0 Å². The van der Waals surface area contributed by atoms with Crippen LogP contribution in [0.2, 0.25) is 5.02 Å². The lowest BCUT2D eigenvalue weighted by Gasteiger charge is -2.15. The zero-order valence-electron chi connectivity index (χ0n) is 17.7. The summed E-state index contributed by atoms with van der Waals surface area (Å²) in [7, 11) is -1.27. The molecule has 13 heteroatoms. The van der Waals surface area contributed by atoms with Crippen LogP contribution < -0.4 is 10.0 Å². The summed E-state index contributed by atoms with van der Waals surface area (Å²) in [6.07, 6.45) is -4.07. The van der Waals surface area contributed by atoms with E-state index in [1.807, 2.05) is 6.92 Å². The van der Waals surface area contributed by atoms with Crippen LogP contribution in [-0.4, -0.2) is 29.4 Å². The number of alkyl halides is 3. The molecule has 2 rings (SSSR count). The molecule has 0 saturated carbocycles. The molecule has 1 unspecified atom stereocenters. The van der Waals surface area contributed by atoms with Gasteiger partial charge in [0.1, 0.15) is 17.2 Å². The van der Waals surface area contributed by atoms with Crippen LogP contribution in [0.4, 0.5) is 18.9 Å². The van der Waals surface area contributed by atoms with Crippen LogP contribution in [0.25, 0.3) is 0 Å². The Hall–Kier alpha value is -2.36. The van der Waals surface area contributed by atoms with E-state index < -0.39 is 29.8 Å². The van der Waals surface area contributed by atoms with E-state index in [9.17, 15) is 28.1 Å². The molecule has 2 aromatic carbocycles. The van der Waals surface area contributed by atoms with Gasteiger partial charge >= 0.3 is 12.1 Å². The van der Waals surface area contributed by atoms with Gasteiger partial charge in [0.2, 0.25) is 0 Å². The van der Waals surface area contributed by atoms with Gasteiger partial charge in [-0.05, 0) is 50.3 Å². The minimum atomic E-state index is -4.56. The summed E-state index contributed by atoms with van der Waals surface area (Å²) in [6.45, 7) is 5.15. The van der Waals surface area contributed by atoms with E-state index in [2.05, 4.69) is 4.40 Å². The first-order chi connectivity index (χ1) is 15.5. The number of hydrogen-bond donors (Lipinski definition) is 0. The number of rotatable bonds is 9. The summed E-state index contributed by atoms with van der Waals surface area (Å²) in [4.78, 5) is 22.8. The predicted molar refractivity (Wildman–Crippen MR) is 124 cm³/mol. The van der Waals surface area contributed by atoms with Crippen LogP contribution >= 0.6 is 30.3 Å². The zero-order valence-corrected chi connectivity index (χ0v) is 20.1. The maximum absolute atomic E-state index is 12.8. The lowest BCUT2D eigenvalue weighted by Crippen LogP contribution is -2.13. The van der Waals surface area contributed by atoms with Crippen molar-refractivity contribution in [1.82, 2.24) is 0 Å². The van der Waals surface area contributed by atoms with Crippen molar-refractivity contribution in [3.05, 3.63) is 57.1 Å². The Balaban J connectivity index is 2.36. The summed E-state index contributed by atoms with van der Waals surface area (Å²) >= 11 is 6.97. The number of hydrogen-bond acceptors (Lipinski definition) is 7. The molecule has 0 fully saturated rings. The molecule has 0 amide bonds. The van der Waals surface area contributed by atoms with Crippen molar-refractivity contribution in [2.75, 3.05) is 12.8 Å². The van der Waals surface area contributed by atoms with Crippen molar-refractivity contribution < 1.29 is 32.4 Å². The molecule has 33 heavy (non-hydrogen) atoms. The first-order valence-corrected chi connectivity index (χ1v) is 12.8. The molecule has 0 aliphatic rings. The van der Waals surface area contributed by atoms with Crippen molar-refractivity contribution in [3.8, 4) is 11.5 Å². The lowest BCUT2D eigenvalue weighted by atomic mass is 10.2. The third-order valence-electron chi connectivity index (χ3n) is 4.03. The number of ether oxygens (including phenoxy) is 2. The van der Waals surface area contributed by atoms with Crippen LogP contribution in [0, 0.1) is 10.1 Å². The van der Waals surface area contributed by atoms with Crippen molar-refractivity contribution in [2.45, 2.75) is 26.9 Å². The summed E-state index contributed by atoms with van der Waals surface area (Å²) in [5, 5.41) is 11.6. The highest BCUT2D eigenvalue weighted by Crippen LogP contribution is 2.51. The van der Waals surface area contributed by atoms with Gasteiger partial charge in [-0.3, -0.25) is 10.1 Å². The monoisotopic (exact) mass is 522 g/mol. The second-order valence-electron chi connectivity index (χ2n) is 6.33. The zero-order chi connectivity index (χ0) is 24.8. The number of benzene rings is 2. The Kier molecular flexibility index (Phi) is 9.51. The van der Waals surface area contributed by atoms with Crippen molar-refractivity contribution in [3.63, 3.8) is 0 Å². The molecular formula is C20H19ClF3N2O5PS. The average Bonchev–Trinajstić information content (AvgIpc) is 2.74. The Labute approximate surface area is 198 Å². The van der Waals surface area contributed by atoms with E-state index in [0.29, 0.717) is 11.5 Å². The van der Waals surface area contributed by atoms with Gasteiger partial charge in [0, 0.05) is 24.8 Å². The molecule has 1 atom stereocenters. The molecule has 0 saturated heterocycles. The van der Waals surface area contributed by atoms with Gasteiger partial charge in [-0.1, -0.05) is 18.5 Å². The normalized spacial score (nSPS) is 12.9. The third kappa shape index (κ3) is 7.31. The average molecular weight is 523 g/mol. The second-order valence-corrected chi connectivity index (χ2v) is 10.8. The van der Waals surface area contributed by atoms with Crippen LogP contribution in [0.5, 0.6) is 11.5 Å². The van der Waals surface area contributed by atoms with Crippen LogP contribution in [0.15, 0.2) is 40.8 Å². The number of nitro groups is 1. The summed E-state index contributed by atoms with van der Waals surface area (Å²) in [5.74, 6) is -0.460. The van der Waals surface area contributed by atoms with Gasteiger partial charge < -0.3 is 9.47 Å². The fourth-order valence-corrected chi connectivity index (χ4v) is 5.92. The topological polar surface area (TPSA) is 91.0 Å². The third-order valence-corrected chi connectivity index (χ3v) is 8.55. The van der Waals surface area contributed by atoms with Gasteiger partial charge in [-0.15, -0.1) is 0 Å². The fraction of sp³-hybridized carbons (Fsp3) is 0.300. The van der Waals surface area contributed by atoms with Gasteiger partial charge in [-0.25, -0.2) is 9.19 Å². The van der Waals surface area contributed by atoms with Crippen LogP contribution in [0.3, 0.4) is 0 Å². The number of nitrogens with zero attached hydrogens (tertiary/aromatic N) is 2. The number of carbonyl (C=O) groups is 1. The molecule has 0 heterocycles. The molecule has 0 N–H and O–H groups in total. The van der Waals surface area contributed by atoms with E-state index in [1.165, 1.54) is 25.1 Å². The Bertz CT molecular complexity index is 1070. The Morgan fingerprint density at radius 2 is 1.94 bits per heavy atom. The largest absolute Gasteiger partial charge is 0.461 e. The lowest BCUT2D eigenvalue weighted by molar-refractivity contribution is -0.383. The SMILES string of the molecule is CCOC(=O)C(C)=NSP(CC)c1cc(Oc2ccc(C(F)(F)F)cc2Cl)ccc1[N+](=O)[O-]. The highest BCUT2D eigenvalue weighted by Gasteiger charge is 2.31. The number of halogens is 4. The molecular weight excluding hydrogens is 504 g/mol. The second kappa shape index (κ2) is 11.7. The fourth-order valence-electron chi connectivity index (χ4n) is 2.46.